The summed E-state index contributed by atoms with van der Waals surface area (Å²) in [5, 5.41) is 14.8. The molecule has 1 aliphatic heterocycles. The van der Waals surface area contributed by atoms with E-state index in [2.05, 4.69) is 5.32 Å². The van der Waals surface area contributed by atoms with E-state index in [-0.39, 0.29) is 29.7 Å². The second-order valence-corrected chi connectivity index (χ2v) is 10.0. The van der Waals surface area contributed by atoms with Gasteiger partial charge in [0.15, 0.2) is 0 Å². The molecule has 10 heteroatoms. The van der Waals surface area contributed by atoms with Crippen molar-refractivity contribution in [1.82, 2.24) is 4.31 Å². The molecule has 4 rings (SSSR count). The maximum atomic E-state index is 13.2. The maximum absolute atomic E-state index is 13.2. The van der Waals surface area contributed by atoms with E-state index in [4.69, 9.17) is 0 Å². The molecule has 0 bridgehead atoms. The zero-order valence-electron chi connectivity index (χ0n) is 18.6. The van der Waals surface area contributed by atoms with Crippen molar-refractivity contribution in [3.8, 4) is 0 Å². The van der Waals surface area contributed by atoms with E-state index < -0.39 is 20.8 Å². The van der Waals surface area contributed by atoms with Gasteiger partial charge in [0.2, 0.25) is 10.0 Å². The summed E-state index contributed by atoms with van der Waals surface area (Å²) < 4.78 is 40.3. The smallest absolute Gasteiger partial charge is 0.292 e. The molecule has 1 aliphatic rings. The fourth-order valence-corrected chi connectivity index (χ4v) is 5.42. The average Bonchev–Trinajstić information content (AvgIpc) is 2.84. The molecular formula is C24H25FN4O4S. The highest BCUT2D eigenvalue weighted by Gasteiger charge is 2.29. The fraction of sp³-hybridized carbons (Fsp3) is 0.250. The Morgan fingerprint density at radius 2 is 1.62 bits per heavy atom. The van der Waals surface area contributed by atoms with Crippen LogP contribution in [0.2, 0.25) is 0 Å². The van der Waals surface area contributed by atoms with Crippen LogP contribution in [0.1, 0.15) is 18.5 Å². The molecule has 0 spiro atoms. The van der Waals surface area contributed by atoms with E-state index in [0.29, 0.717) is 18.8 Å². The normalized spacial score (nSPS) is 15.6. The Bertz CT molecular complexity index is 1260. The Morgan fingerprint density at radius 1 is 0.971 bits per heavy atom. The summed E-state index contributed by atoms with van der Waals surface area (Å²) in [6, 6.07) is 19.2. The Morgan fingerprint density at radius 3 is 2.24 bits per heavy atom. The van der Waals surface area contributed by atoms with Crippen LogP contribution < -0.4 is 10.2 Å². The number of hydrogen-bond donors (Lipinski definition) is 1. The molecule has 178 valence electrons. The van der Waals surface area contributed by atoms with Crippen LogP contribution in [-0.2, 0) is 10.0 Å². The average molecular weight is 485 g/mol. The predicted molar refractivity (Wildman–Crippen MR) is 129 cm³/mol. The number of halogens is 1. The lowest BCUT2D eigenvalue weighted by atomic mass is 10.1. The van der Waals surface area contributed by atoms with Crippen LogP contribution in [0, 0.1) is 15.9 Å². The summed E-state index contributed by atoms with van der Waals surface area (Å²) in [6.45, 7) is 3.28. The Balaban J connectivity index is 1.50. The lowest BCUT2D eigenvalue weighted by molar-refractivity contribution is -0.384. The number of sulfonamides is 1. The summed E-state index contributed by atoms with van der Waals surface area (Å²) in [7, 11) is -3.72. The van der Waals surface area contributed by atoms with Crippen LogP contribution >= 0.6 is 0 Å². The predicted octanol–water partition coefficient (Wildman–Crippen LogP) is 4.42. The minimum absolute atomic E-state index is 0.0240. The molecule has 1 N–H and O–H groups in total. The highest BCUT2D eigenvalue weighted by molar-refractivity contribution is 7.89. The second kappa shape index (κ2) is 9.78. The SMILES string of the molecule is C[C@H](Nc1cc(N2CCN(S(=O)(=O)c3ccc(F)cc3)CC2)ccc1[N+](=O)[O-])c1ccccc1. The summed E-state index contributed by atoms with van der Waals surface area (Å²) in [5.41, 5.74) is 2.15. The topological polar surface area (TPSA) is 95.8 Å². The molecule has 1 fully saturated rings. The van der Waals surface area contributed by atoms with Gasteiger partial charge in [-0.05, 0) is 48.9 Å². The van der Waals surface area contributed by atoms with E-state index >= 15 is 0 Å². The van der Waals surface area contributed by atoms with Crippen molar-refractivity contribution in [1.29, 1.82) is 0 Å². The first kappa shape index (κ1) is 23.7. The molecule has 1 heterocycles. The third-order valence-corrected chi connectivity index (χ3v) is 7.82. The number of nitro benzene ring substituents is 1. The lowest BCUT2D eigenvalue weighted by Crippen LogP contribution is -2.48. The van der Waals surface area contributed by atoms with Crippen molar-refractivity contribution in [2.24, 2.45) is 0 Å². The molecule has 1 saturated heterocycles. The largest absolute Gasteiger partial charge is 0.373 e. The van der Waals surface area contributed by atoms with E-state index in [9.17, 15) is 22.9 Å². The number of nitrogens with zero attached hydrogens (tertiary/aromatic N) is 3. The van der Waals surface area contributed by atoms with Gasteiger partial charge in [-0.2, -0.15) is 4.31 Å². The van der Waals surface area contributed by atoms with Crippen LogP contribution in [0.25, 0.3) is 0 Å². The number of anilines is 2. The van der Waals surface area contributed by atoms with Gasteiger partial charge < -0.3 is 10.2 Å². The molecule has 3 aromatic rings. The third kappa shape index (κ3) is 5.02. The van der Waals surface area contributed by atoms with Gasteiger partial charge in [-0.3, -0.25) is 10.1 Å². The molecule has 0 aliphatic carbocycles. The lowest BCUT2D eigenvalue weighted by Gasteiger charge is -2.35. The molecular weight excluding hydrogens is 459 g/mol. The van der Waals surface area contributed by atoms with Crippen molar-refractivity contribution in [2.45, 2.75) is 17.9 Å². The number of nitrogens with one attached hydrogen (secondary N) is 1. The van der Waals surface area contributed by atoms with Gasteiger partial charge in [-0.1, -0.05) is 30.3 Å². The van der Waals surface area contributed by atoms with Gasteiger partial charge in [0.1, 0.15) is 11.5 Å². The van der Waals surface area contributed by atoms with Crippen molar-refractivity contribution in [3.63, 3.8) is 0 Å². The monoisotopic (exact) mass is 484 g/mol. The van der Waals surface area contributed by atoms with Crippen LogP contribution in [0.15, 0.2) is 77.7 Å². The number of rotatable bonds is 7. The first-order valence-corrected chi connectivity index (χ1v) is 12.3. The number of piperazine rings is 1. The van der Waals surface area contributed by atoms with Gasteiger partial charge in [-0.15, -0.1) is 0 Å². The minimum Gasteiger partial charge on any atom is -0.373 e. The van der Waals surface area contributed by atoms with Crippen molar-refractivity contribution >= 4 is 27.1 Å². The molecule has 8 nitrogen and oxygen atoms in total. The molecule has 34 heavy (non-hydrogen) atoms. The Kier molecular flexibility index (Phi) is 6.80. The standard InChI is InChI=1S/C24H25FN4O4S/c1-18(19-5-3-2-4-6-19)26-23-17-21(9-12-24(23)29(30)31)27-13-15-28(16-14-27)34(32,33)22-10-7-20(25)8-11-22/h2-12,17-18,26H,13-16H2,1H3/t18-/m0/s1. The highest BCUT2D eigenvalue weighted by Crippen LogP contribution is 2.33. The van der Waals surface area contributed by atoms with Gasteiger partial charge in [-0.25, -0.2) is 12.8 Å². The van der Waals surface area contributed by atoms with Crippen LogP contribution in [0.5, 0.6) is 0 Å². The number of nitro groups is 1. The molecule has 0 saturated carbocycles. The van der Waals surface area contributed by atoms with Crippen molar-refractivity contribution in [3.05, 3.63) is 94.3 Å². The van der Waals surface area contributed by atoms with E-state index in [0.717, 1.165) is 23.4 Å². The highest BCUT2D eigenvalue weighted by atomic mass is 32.2. The van der Waals surface area contributed by atoms with Gasteiger partial charge in [0.05, 0.1) is 9.82 Å². The third-order valence-electron chi connectivity index (χ3n) is 5.90. The molecule has 0 aromatic heterocycles. The van der Waals surface area contributed by atoms with E-state index in [1.807, 2.05) is 42.2 Å². The quantitative estimate of drug-likeness (QED) is 0.394. The van der Waals surface area contributed by atoms with E-state index in [1.165, 1.54) is 22.5 Å². The van der Waals surface area contributed by atoms with Crippen molar-refractivity contribution < 1.29 is 17.7 Å². The number of benzene rings is 3. The zero-order chi connectivity index (χ0) is 24.3. The summed E-state index contributed by atoms with van der Waals surface area (Å²) in [4.78, 5) is 13.2. The Hall–Kier alpha value is -3.50. The van der Waals surface area contributed by atoms with E-state index in [1.54, 1.807) is 12.1 Å². The van der Waals surface area contributed by atoms with Crippen LogP contribution in [0.3, 0.4) is 0 Å². The summed E-state index contributed by atoms with van der Waals surface area (Å²) in [6.07, 6.45) is 0. The maximum Gasteiger partial charge on any atom is 0.292 e. The van der Waals surface area contributed by atoms with Crippen LogP contribution in [-0.4, -0.2) is 43.8 Å². The van der Waals surface area contributed by atoms with Crippen LogP contribution in [0.4, 0.5) is 21.5 Å². The Labute approximate surface area is 197 Å². The molecule has 0 amide bonds. The number of hydrogen-bond acceptors (Lipinski definition) is 6. The minimum atomic E-state index is -3.72. The zero-order valence-corrected chi connectivity index (χ0v) is 19.4. The second-order valence-electron chi connectivity index (χ2n) is 8.08. The van der Waals surface area contributed by atoms with Gasteiger partial charge in [0, 0.05) is 44.0 Å². The van der Waals surface area contributed by atoms with Gasteiger partial charge in [0.25, 0.3) is 5.69 Å². The van der Waals surface area contributed by atoms with Crippen molar-refractivity contribution in [2.75, 3.05) is 36.4 Å². The summed E-state index contributed by atoms with van der Waals surface area (Å²) in [5.74, 6) is -0.493. The first-order chi connectivity index (χ1) is 16.3. The summed E-state index contributed by atoms with van der Waals surface area (Å²) >= 11 is 0. The molecule has 1 atom stereocenters. The molecule has 0 radical (unpaired) electrons. The van der Waals surface area contributed by atoms with Gasteiger partial charge >= 0.3 is 0 Å². The first-order valence-electron chi connectivity index (χ1n) is 10.9. The molecule has 3 aromatic carbocycles. The molecule has 0 unspecified atom stereocenters. The fourth-order valence-electron chi connectivity index (χ4n) is 4.00.